The van der Waals surface area contributed by atoms with Crippen LogP contribution in [0.5, 0.6) is 0 Å². The van der Waals surface area contributed by atoms with Gasteiger partial charge in [0, 0.05) is 11.1 Å². The number of aromatic carboxylic acids is 1. The van der Waals surface area contributed by atoms with Crippen LogP contribution in [-0.4, -0.2) is 26.8 Å². The van der Waals surface area contributed by atoms with Crippen molar-refractivity contribution >= 4 is 23.4 Å². The highest BCUT2D eigenvalue weighted by atomic mass is 32.2. The minimum Gasteiger partial charge on any atom is -0.478 e. The topological polar surface area (TPSA) is 75.1 Å². The SMILES string of the molecule is CCSc1cccc(NCc2ccnc(C)n2)c1C(=O)O. The van der Waals surface area contributed by atoms with Gasteiger partial charge in [-0.3, -0.25) is 0 Å². The zero-order valence-electron chi connectivity index (χ0n) is 12.0. The average Bonchev–Trinajstić information content (AvgIpc) is 2.45. The summed E-state index contributed by atoms with van der Waals surface area (Å²) in [7, 11) is 0. The molecule has 6 heteroatoms. The molecule has 0 atom stereocenters. The molecule has 1 aromatic carbocycles. The Bertz CT molecular complexity index is 647. The number of hydrogen-bond acceptors (Lipinski definition) is 5. The Hall–Kier alpha value is -2.08. The molecular weight excluding hydrogens is 286 g/mol. The van der Waals surface area contributed by atoms with E-state index in [-0.39, 0.29) is 0 Å². The number of benzene rings is 1. The molecule has 0 aliphatic rings. The zero-order valence-corrected chi connectivity index (χ0v) is 12.8. The number of carbonyl (C=O) groups is 1. The highest BCUT2D eigenvalue weighted by Gasteiger charge is 2.15. The summed E-state index contributed by atoms with van der Waals surface area (Å²) in [6, 6.07) is 7.28. The maximum absolute atomic E-state index is 11.5. The normalized spacial score (nSPS) is 10.4. The van der Waals surface area contributed by atoms with E-state index in [2.05, 4.69) is 15.3 Å². The van der Waals surface area contributed by atoms with Gasteiger partial charge in [-0.1, -0.05) is 13.0 Å². The van der Waals surface area contributed by atoms with Crippen LogP contribution in [0, 0.1) is 6.92 Å². The smallest absolute Gasteiger partial charge is 0.338 e. The van der Waals surface area contributed by atoms with Gasteiger partial charge in [0.1, 0.15) is 5.82 Å². The second-order valence-electron chi connectivity index (χ2n) is 4.37. The van der Waals surface area contributed by atoms with Crippen LogP contribution < -0.4 is 5.32 Å². The van der Waals surface area contributed by atoms with Crippen LogP contribution in [0.1, 0.15) is 28.8 Å². The largest absolute Gasteiger partial charge is 0.478 e. The lowest BCUT2D eigenvalue weighted by Gasteiger charge is -2.12. The first-order valence-corrected chi connectivity index (χ1v) is 7.62. The minimum absolute atomic E-state index is 0.315. The van der Waals surface area contributed by atoms with E-state index in [0.717, 1.165) is 16.3 Å². The van der Waals surface area contributed by atoms with Gasteiger partial charge < -0.3 is 10.4 Å². The summed E-state index contributed by atoms with van der Waals surface area (Å²) in [5.74, 6) is 0.602. The molecule has 0 spiro atoms. The third-order valence-corrected chi connectivity index (χ3v) is 3.77. The fourth-order valence-electron chi connectivity index (χ4n) is 1.96. The highest BCUT2D eigenvalue weighted by molar-refractivity contribution is 7.99. The van der Waals surface area contributed by atoms with Crippen molar-refractivity contribution in [2.45, 2.75) is 25.3 Å². The number of carboxylic acids is 1. The van der Waals surface area contributed by atoms with E-state index in [9.17, 15) is 9.90 Å². The van der Waals surface area contributed by atoms with Crippen molar-refractivity contribution in [3.05, 3.63) is 47.5 Å². The van der Waals surface area contributed by atoms with Crippen molar-refractivity contribution in [3.63, 3.8) is 0 Å². The molecule has 0 aliphatic carbocycles. The first-order chi connectivity index (χ1) is 10.1. The molecule has 0 fully saturated rings. The van der Waals surface area contributed by atoms with Gasteiger partial charge in [-0.2, -0.15) is 0 Å². The van der Waals surface area contributed by atoms with Crippen LogP contribution in [-0.2, 0) is 6.54 Å². The van der Waals surface area contributed by atoms with Crippen LogP contribution in [0.3, 0.4) is 0 Å². The minimum atomic E-state index is -0.923. The van der Waals surface area contributed by atoms with Crippen molar-refractivity contribution in [1.82, 2.24) is 9.97 Å². The summed E-state index contributed by atoms with van der Waals surface area (Å²) in [5, 5.41) is 12.6. The fourth-order valence-corrected chi connectivity index (χ4v) is 2.79. The Morgan fingerprint density at radius 2 is 2.19 bits per heavy atom. The molecule has 2 rings (SSSR count). The number of rotatable bonds is 6. The molecule has 2 aromatic rings. The summed E-state index contributed by atoms with van der Waals surface area (Å²) in [4.78, 5) is 20.6. The number of nitrogens with one attached hydrogen (secondary N) is 1. The van der Waals surface area contributed by atoms with E-state index in [4.69, 9.17) is 0 Å². The lowest BCUT2D eigenvalue weighted by Crippen LogP contribution is -2.09. The number of aromatic nitrogens is 2. The molecule has 1 aromatic heterocycles. The summed E-state index contributed by atoms with van der Waals surface area (Å²) in [5.41, 5.74) is 1.75. The van der Waals surface area contributed by atoms with Crippen LogP contribution in [0.25, 0.3) is 0 Å². The van der Waals surface area contributed by atoms with Gasteiger partial charge in [-0.15, -0.1) is 11.8 Å². The van der Waals surface area contributed by atoms with Gasteiger partial charge in [0.2, 0.25) is 0 Å². The number of hydrogen-bond donors (Lipinski definition) is 2. The Balaban J connectivity index is 2.23. The molecule has 0 radical (unpaired) electrons. The second-order valence-corrected chi connectivity index (χ2v) is 5.67. The lowest BCUT2D eigenvalue weighted by atomic mass is 10.1. The molecule has 21 heavy (non-hydrogen) atoms. The van der Waals surface area contributed by atoms with E-state index >= 15 is 0 Å². The highest BCUT2D eigenvalue weighted by Crippen LogP contribution is 2.28. The third kappa shape index (κ3) is 3.95. The first-order valence-electron chi connectivity index (χ1n) is 6.63. The molecule has 0 amide bonds. The Kier molecular flexibility index (Phi) is 5.16. The van der Waals surface area contributed by atoms with E-state index in [0.29, 0.717) is 23.6 Å². The summed E-state index contributed by atoms with van der Waals surface area (Å²) < 4.78 is 0. The number of thioether (sulfide) groups is 1. The van der Waals surface area contributed by atoms with Gasteiger partial charge in [-0.25, -0.2) is 14.8 Å². The molecule has 1 heterocycles. The zero-order chi connectivity index (χ0) is 15.2. The Morgan fingerprint density at radius 1 is 1.38 bits per heavy atom. The predicted molar refractivity (Wildman–Crippen MR) is 83.9 cm³/mol. The molecule has 0 bridgehead atoms. The summed E-state index contributed by atoms with van der Waals surface area (Å²) in [6.07, 6.45) is 1.70. The van der Waals surface area contributed by atoms with E-state index in [1.165, 1.54) is 11.8 Å². The number of nitrogens with zero attached hydrogens (tertiary/aromatic N) is 2. The monoisotopic (exact) mass is 303 g/mol. The molecule has 2 N–H and O–H groups in total. The molecule has 0 saturated heterocycles. The first kappa shape index (κ1) is 15.3. The molecular formula is C15H17N3O2S. The van der Waals surface area contributed by atoms with E-state index in [1.807, 2.05) is 32.0 Å². The van der Waals surface area contributed by atoms with Gasteiger partial charge in [0.15, 0.2) is 0 Å². The molecule has 110 valence electrons. The Morgan fingerprint density at radius 3 is 2.86 bits per heavy atom. The van der Waals surface area contributed by atoms with Gasteiger partial charge in [0.25, 0.3) is 0 Å². The number of aryl methyl sites for hydroxylation is 1. The van der Waals surface area contributed by atoms with Crippen molar-refractivity contribution in [2.24, 2.45) is 0 Å². The van der Waals surface area contributed by atoms with Gasteiger partial charge in [-0.05, 0) is 30.9 Å². The quantitative estimate of drug-likeness (QED) is 0.798. The fraction of sp³-hybridized carbons (Fsp3) is 0.267. The lowest BCUT2D eigenvalue weighted by molar-refractivity contribution is 0.0694. The standard InChI is InChI=1S/C15H17N3O2S/c1-3-21-13-6-4-5-12(14(13)15(19)20)17-9-11-7-8-16-10(2)18-11/h4-8,17H,3,9H2,1-2H3,(H,19,20). The van der Waals surface area contributed by atoms with Gasteiger partial charge in [0.05, 0.1) is 23.5 Å². The predicted octanol–water partition coefficient (Wildman–Crippen LogP) is 3.21. The van der Waals surface area contributed by atoms with Crippen molar-refractivity contribution in [3.8, 4) is 0 Å². The van der Waals surface area contributed by atoms with Crippen LogP contribution >= 0.6 is 11.8 Å². The maximum atomic E-state index is 11.5. The second kappa shape index (κ2) is 7.08. The summed E-state index contributed by atoms with van der Waals surface area (Å²) in [6.45, 7) is 4.29. The molecule has 0 saturated carbocycles. The molecule has 5 nitrogen and oxygen atoms in total. The summed E-state index contributed by atoms with van der Waals surface area (Å²) >= 11 is 1.52. The van der Waals surface area contributed by atoms with Gasteiger partial charge >= 0.3 is 5.97 Å². The van der Waals surface area contributed by atoms with Crippen molar-refractivity contribution in [2.75, 3.05) is 11.1 Å². The number of anilines is 1. The Labute approximate surface area is 127 Å². The van der Waals surface area contributed by atoms with E-state index in [1.54, 1.807) is 12.3 Å². The van der Waals surface area contributed by atoms with Crippen LogP contribution in [0.15, 0.2) is 35.4 Å². The molecule has 0 aliphatic heterocycles. The van der Waals surface area contributed by atoms with Crippen molar-refractivity contribution < 1.29 is 9.90 Å². The van der Waals surface area contributed by atoms with E-state index < -0.39 is 5.97 Å². The maximum Gasteiger partial charge on any atom is 0.338 e. The average molecular weight is 303 g/mol. The molecule has 0 unspecified atom stereocenters. The van der Waals surface area contributed by atoms with Crippen LogP contribution in [0.2, 0.25) is 0 Å². The van der Waals surface area contributed by atoms with Crippen LogP contribution in [0.4, 0.5) is 5.69 Å². The van der Waals surface area contributed by atoms with Crippen molar-refractivity contribution in [1.29, 1.82) is 0 Å². The third-order valence-electron chi connectivity index (χ3n) is 2.83. The number of carboxylic acid groups (broad SMARTS) is 1.